The van der Waals surface area contributed by atoms with Crippen molar-refractivity contribution in [3.63, 3.8) is 0 Å². The van der Waals surface area contributed by atoms with Crippen LogP contribution < -0.4 is 19.9 Å². The molecule has 3 amide bonds. The van der Waals surface area contributed by atoms with Crippen LogP contribution in [0.25, 0.3) is 0 Å². The van der Waals surface area contributed by atoms with Gasteiger partial charge in [0.15, 0.2) is 5.75 Å². The number of likely N-dealkylation sites (N-methyl/N-ethyl adjacent to an activating group) is 1. The summed E-state index contributed by atoms with van der Waals surface area (Å²) in [5.74, 6) is 0.358. The number of carbonyl (C=O) groups excluding carboxylic acids is 4. The molecule has 1 atom stereocenters. The highest BCUT2D eigenvalue weighted by Gasteiger charge is 2.32. The van der Waals surface area contributed by atoms with E-state index in [0.29, 0.717) is 43.3 Å². The van der Waals surface area contributed by atoms with Crippen molar-refractivity contribution in [2.75, 3.05) is 62.7 Å². The number of piperazine rings is 1. The molecular weight excluding hydrogens is 502 g/mol. The molecule has 39 heavy (non-hydrogen) atoms. The molecule has 3 heterocycles. The van der Waals surface area contributed by atoms with Crippen molar-refractivity contribution in [3.8, 4) is 5.75 Å². The second-order valence-electron chi connectivity index (χ2n) is 11.6. The third kappa shape index (κ3) is 7.40. The highest BCUT2D eigenvalue weighted by molar-refractivity contribution is 6.01. The fourth-order valence-electron chi connectivity index (χ4n) is 5.54. The number of hydrogen-bond donors (Lipinski definition) is 1. The average molecular weight is 544 g/mol. The summed E-state index contributed by atoms with van der Waals surface area (Å²) in [4.78, 5) is 55.8. The van der Waals surface area contributed by atoms with E-state index < -0.39 is 11.6 Å². The molecule has 0 aliphatic carbocycles. The van der Waals surface area contributed by atoms with E-state index in [1.54, 1.807) is 16.8 Å². The van der Waals surface area contributed by atoms with Gasteiger partial charge in [-0.25, -0.2) is 4.79 Å². The first-order valence-corrected chi connectivity index (χ1v) is 13.8. The van der Waals surface area contributed by atoms with Crippen LogP contribution in [0.4, 0.5) is 16.2 Å². The maximum atomic E-state index is 12.4. The van der Waals surface area contributed by atoms with Crippen molar-refractivity contribution in [2.24, 2.45) is 5.92 Å². The van der Waals surface area contributed by atoms with E-state index >= 15 is 0 Å². The number of benzene rings is 1. The van der Waals surface area contributed by atoms with Crippen LogP contribution in [0, 0.1) is 5.92 Å². The quantitative estimate of drug-likeness (QED) is 0.409. The molecule has 214 valence electrons. The number of nitrogens with one attached hydrogen (secondary N) is 1. The van der Waals surface area contributed by atoms with Crippen LogP contribution in [0.2, 0.25) is 0 Å². The molecule has 3 fully saturated rings. The lowest BCUT2D eigenvalue weighted by Gasteiger charge is -2.39. The number of hydrogen-bond acceptors (Lipinski definition) is 9. The van der Waals surface area contributed by atoms with Gasteiger partial charge in [-0.15, -0.1) is 0 Å². The van der Waals surface area contributed by atoms with Crippen LogP contribution in [0.3, 0.4) is 0 Å². The third-order valence-electron chi connectivity index (χ3n) is 7.70. The first-order valence-electron chi connectivity index (χ1n) is 13.8. The minimum atomic E-state index is -0.510. The van der Waals surface area contributed by atoms with E-state index in [2.05, 4.69) is 15.1 Å². The summed E-state index contributed by atoms with van der Waals surface area (Å²) in [5.41, 5.74) is 1.11. The standard InChI is InChI=1S/C28H41N5O6/c1-28(2,3)39-27(37)33-15-13-31(14-16-33)18-20-9-11-32(12-10-20)21-5-6-22(24(17-21)38-19-34)30(4)23-7-8-25(35)29-26(23)36/h5-6,17,19-20,23H,7-16,18H2,1-4H3,(H,29,35,36). The Morgan fingerprint density at radius 1 is 1.08 bits per heavy atom. The number of imide groups is 1. The number of ether oxygens (including phenoxy) is 2. The second-order valence-corrected chi connectivity index (χ2v) is 11.6. The first-order chi connectivity index (χ1) is 18.5. The Balaban J connectivity index is 1.29. The summed E-state index contributed by atoms with van der Waals surface area (Å²) < 4.78 is 10.8. The van der Waals surface area contributed by atoms with Crippen LogP contribution in [0.5, 0.6) is 5.75 Å². The van der Waals surface area contributed by atoms with Crippen LogP contribution >= 0.6 is 0 Å². The molecule has 3 aliphatic rings. The summed E-state index contributed by atoms with van der Waals surface area (Å²) in [6.45, 7) is 12.0. The van der Waals surface area contributed by atoms with Gasteiger partial charge in [0.2, 0.25) is 11.8 Å². The Morgan fingerprint density at radius 2 is 1.77 bits per heavy atom. The second kappa shape index (κ2) is 12.2. The molecular formula is C28H41N5O6. The van der Waals surface area contributed by atoms with Gasteiger partial charge in [-0.2, -0.15) is 0 Å². The maximum absolute atomic E-state index is 12.4. The Kier molecular flexibility index (Phi) is 8.99. The Bertz CT molecular complexity index is 1060. The summed E-state index contributed by atoms with van der Waals surface area (Å²) in [6, 6.07) is 5.20. The lowest BCUT2D eigenvalue weighted by molar-refractivity contribution is -0.134. The van der Waals surface area contributed by atoms with Crippen molar-refractivity contribution in [2.45, 2.75) is 58.1 Å². The Labute approximate surface area is 230 Å². The van der Waals surface area contributed by atoms with Crippen molar-refractivity contribution in [1.82, 2.24) is 15.1 Å². The largest absolute Gasteiger partial charge is 0.444 e. The molecule has 0 radical (unpaired) electrons. The number of rotatable bonds is 7. The average Bonchev–Trinajstić information content (AvgIpc) is 2.88. The fraction of sp³-hybridized carbons (Fsp3) is 0.643. The van der Waals surface area contributed by atoms with Gasteiger partial charge in [0.05, 0.1) is 5.69 Å². The Morgan fingerprint density at radius 3 is 2.38 bits per heavy atom. The van der Waals surface area contributed by atoms with Gasteiger partial charge < -0.3 is 24.2 Å². The molecule has 0 aromatic heterocycles. The first kappa shape index (κ1) is 28.7. The van der Waals surface area contributed by atoms with Crippen molar-refractivity contribution in [1.29, 1.82) is 0 Å². The normalized spacial score (nSPS) is 21.4. The summed E-state index contributed by atoms with van der Waals surface area (Å²) in [6.07, 6.45) is 2.55. The third-order valence-corrected chi connectivity index (χ3v) is 7.70. The molecule has 11 heteroatoms. The summed E-state index contributed by atoms with van der Waals surface area (Å²) >= 11 is 0. The SMILES string of the molecule is CN(c1ccc(N2CCC(CN3CCN(C(=O)OC(C)(C)C)CC3)CC2)cc1OC=O)C1CCC(=O)NC1=O. The van der Waals surface area contributed by atoms with Gasteiger partial charge in [0.1, 0.15) is 11.6 Å². The van der Waals surface area contributed by atoms with Crippen molar-refractivity contribution < 1.29 is 28.7 Å². The van der Waals surface area contributed by atoms with E-state index in [1.807, 2.05) is 39.0 Å². The van der Waals surface area contributed by atoms with Gasteiger partial charge in [-0.05, 0) is 58.1 Å². The number of nitrogens with zero attached hydrogens (tertiary/aromatic N) is 4. The molecule has 3 aliphatic heterocycles. The Hall–Kier alpha value is -3.34. The zero-order valence-electron chi connectivity index (χ0n) is 23.5. The topological polar surface area (TPSA) is 112 Å². The number of anilines is 2. The minimum Gasteiger partial charge on any atom is -0.444 e. The van der Waals surface area contributed by atoms with Gasteiger partial charge >= 0.3 is 6.09 Å². The predicted molar refractivity (Wildman–Crippen MR) is 147 cm³/mol. The smallest absolute Gasteiger partial charge is 0.410 e. The number of amides is 3. The minimum absolute atomic E-state index is 0.234. The van der Waals surface area contributed by atoms with E-state index in [4.69, 9.17) is 9.47 Å². The molecule has 4 rings (SSSR count). The van der Waals surface area contributed by atoms with E-state index in [1.165, 1.54) is 0 Å². The van der Waals surface area contributed by atoms with Gasteiger partial charge in [0, 0.05) is 71.0 Å². The monoisotopic (exact) mass is 543 g/mol. The van der Waals surface area contributed by atoms with Crippen LogP contribution in [0.1, 0.15) is 46.5 Å². The summed E-state index contributed by atoms with van der Waals surface area (Å²) in [7, 11) is 1.77. The molecule has 0 bridgehead atoms. The molecule has 1 unspecified atom stereocenters. The zero-order chi connectivity index (χ0) is 28.2. The highest BCUT2D eigenvalue weighted by Crippen LogP contribution is 2.35. The molecule has 3 saturated heterocycles. The van der Waals surface area contributed by atoms with Gasteiger partial charge in [-0.1, -0.05) is 0 Å². The molecule has 1 aromatic rings. The van der Waals surface area contributed by atoms with Gasteiger partial charge in [-0.3, -0.25) is 24.6 Å². The molecule has 0 spiro atoms. The van der Waals surface area contributed by atoms with Crippen LogP contribution in [0.15, 0.2) is 18.2 Å². The van der Waals surface area contributed by atoms with Crippen molar-refractivity contribution >= 4 is 35.8 Å². The highest BCUT2D eigenvalue weighted by atomic mass is 16.6. The maximum Gasteiger partial charge on any atom is 0.410 e. The zero-order valence-corrected chi connectivity index (χ0v) is 23.5. The molecule has 0 saturated carbocycles. The molecule has 11 nitrogen and oxygen atoms in total. The van der Waals surface area contributed by atoms with E-state index in [0.717, 1.165) is 51.3 Å². The lowest BCUT2D eigenvalue weighted by atomic mass is 9.95. The molecule has 1 aromatic carbocycles. The lowest BCUT2D eigenvalue weighted by Crippen LogP contribution is -2.51. The number of carbonyl (C=O) groups is 4. The summed E-state index contributed by atoms with van der Waals surface area (Å²) in [5, 5.41) is 2.38. The number of piperidine rings is 2. The predicted octanol–water partition coefficient (Wildman–Crippen LogP) is 2.23. The van der Waals surface area contributed by atoms with Crippen LogP contribution in [-0.4, -0.2) is 98.7 Å². The van der Waals surface area contributed by atoms with E-state index in [-0.39, 0.29) is 24.3 Å². The molecule has 1 N–H and O–H groups in total. The van der Waals surface area contributed by atoms with Crippen LogP contribution in [-0.2, 0) is 19.1 Å². The fourth-order valence-corrected chi connectivity index (χ4v) is 5.54. The van der Waals surface area contributed by atoms with Crippen molar-refractivity contribution in [3.05, 3.63) is 18.2 Å². The van der Waals surface area contributed by atoms with Gasteiger partial charge in [0.25, 0.3) is 6.47 Å². The van der Waals surface area contributed by atoms with E-state index in [9.17, 15) is 19.2 Å².